The molecule has 0 unspecified atom stereocenters. The smallest absolute Gasteiger partial charge is 0.410 e. The lowest BCUT2D eigenvalue weighted by Crippen LogP contribution is -3.17. The summed E-state index contributed by atoms with van der Waals surface area (Å²) in [6, 6.07) is 0. The molecule has 3 N–H and O–H groups in total. The van der Waals surface area contributed by atoms with E-state index in [9.17, 15) is 4.79 Å². The van der Waals surface area contributed by atoms with E-state index in [1.807, 2.05) is 25.7 Å². The molecule has 0 aromatic rings. The molecule has 2 atom stereocenters. The minimum Gasteiger partial charge on any atom is -0.444 e. The number of carbonyl (C=O) groups excluding carboxylic acids is 1. The van der Waals surface area contributed by atoms with Gasteiger partial charge in [-0.1, -0.05) is 19.9 Å². The zero-order valence-corrected chi connectivity index (χ0v) is 17.4. The second-order valence-corrected chi connectivity index (χ2v) is 10.1. The standard InChI is InChI=1S/C21H37N3O2/c1-20(2,3)26-19(25)24-12-10-23(11-13-24)9-8-22-15-16-6-7-17-14-18(16)21(17,4)5/h6,17-18,22H,7-15H2,1-5H3/p+2/t17-,18-/m1/s1. The minimum atomic E-state index is -0.404. The molecule has 4 aliphatic rings. The number of hydrogen-bond acceptors (Lipinski definition) is 2. The van der Waals surface area contributed by atoms with Crippen LogP contribution in [-0.2, 0) is 4.74 Å². The first-order valence-electron chi connectivity index (χ1n) is 10.5. The Hall–Kier alpha value is -1.07. The van der Waals surface area contributed by atoms with Gasteiger partial charge in [-0.25, -0.2) is 4.79 Å². The van der Waals surface area contributed by atoms with Gasteiger partial charge in [0, 0.05) is 0 Å². The predicted octanol–water partition coefficient (Wildman–Crippen LogP) is 0.678. The fraction of sp³-hybridized carbons (Fsp3) is 0.857. The summed E-state index contributed by atoms with van der Waals surface area (Å²) >= 11 is 0. The van der Waals surface area contributed by atoms with Crippen LogP contribution >= 0.6 is 0 Å². The number of piperazine rings is 1. The summed E-state index contributed by atoms with van der Waals surface area (Å²) in [5, 5.41) is 2.49. The molecule has 0 radical (unpaired) electrons. The number of nitrogens with zero attached hydrogens (tertiary/aromatic N) is 1. The summed E-state index contributed by atoms with van der Waals surface area (Å²) in [5.41, 5.74) is 1.84. The summed E-state index contributed by atoms with van der Waals surface area (Å²) in [7, 11) is 0. The Morgan fingerprint density at radius 1 is 1.35 bits per heavy atom. The Kier molecular flexibility index (Phi) is 5.69. The van der Waals surface area contributed by atoms with Crippen molar-refractivity contribution in [1.82, 2.24) is 4.90 Å². The van der Waals surface area contributed by atoms with Crippen molar-refractivity contribution in [2.75, 3.05) is 45.8 Å². The fourth-order valence-electron chi connectivity index (χ4n) is 4.86. The molecule has 1 aliphatic heterocycles. The molecule has 2 fully saturated rings. The number of ether oxygens (including phenoxy) is 1. The fourth-order valence-corrected chi connectivity index (χ4v) is 4.86. The first-order valence-corrected chi connectivity index (χ1v) is 10.5. The van der Waals surface area contributed by atoms with Crippen molar-refractivity contribution in [3.63, 3.8) is 0 Å². The molecule has 1 amide bonds. The van der Waals surface area contributed by atoms with E-state index >= 15 is 0 Å². The van der Waals surface area contributed by atoms with Gasteiger partial charge in [-0.05, 0) is 56.4 Å². The average molecular weight is 366 g/mol. The van der Waals surface area contributed by atoms with Crippen LogP contribution in [0, 0.1) is 17.3 Å². The molecule has 2 bridgehead atoms. The van der Waals surface area contributed by atoms with Crippen LogP contribution in [0.25, 0.3) is 0 Å². The highest BCUT2D eigenvalue weighted by Gasteiger charge is 2.51. The van der Waals surface area contributed by atoms with Gasteiger partial charge in [0.25, 0.3) is 0 Å². The van der Waals surface area contributed by atoms with Crippen molar-refractivity contribution >= 4 is 6.09 Å². The predicted molar refractivity (Wildman–Crippen MR) is 103 cm³/mol. The molecule has 5 nitrogen and oxygen atoms in total. The molecule has 0 aromatic heterocycles. The third-order valence-electron chi connectivity index (χ3n) is 6.79. The highest BCUT2D eigenvalue weighted by atomic mass is 16.6. The molecule has 0 aromatic carbocycles. The number of quaternary nitrogens is 2. The van der Waals surface area contributed by atoms with Crippen LogP contribution in [0.4, 0.5) is 4.79 Å². The SMILES string of the molecule is CC(C)(C)OC(=O)N1CC[NH+](CC[NH2+]CC2=CC[C@@H]3C[C@H]2C3(C)C)CC1. The summed E-state index contributed by atoms with van der Waals surface area (Å²) in [6.07, 6.45) is 5.08. The molecule has 5 heteroatoms. The number of nitrogens with one attached hydrogen (secondary N) is 1. The number of fused-ring (bicyclic) bond motifs is 1. The number of carbonyl (C=O) groups is 1. The molecule has 4 rings (SSSR count). The Balaban J connectivity index is 1.31. The first-order chi connectivity index (χ1) is 12.2. The molecule has 26 heavy (non-hydrogen) atoms. The van der Waals surface area contributed by atoms with E-state index in [0.29, 0.717) is 5.41 Å². The molecule has 0 spiro atoms. The Morgan fingerprint density at radius 3 is 2.62 bits per heavy atom. The van der Waals surface area contributed by atoms with Gasteiger partial charge in [0.15, 0.2) is 0 Å². The van der Waals surface area contributed by atoms with Crippen LogP contribution in [-0.4, -0.2) is 62.4 Å². The van der Waals surface area contributed by atoms with Crippen molar-refractivity contribution in [1.29, 1.82) is 0 Å². The minimum absolute atomic E-state index is 0.159. The van der Waals surface area contributed by atoms with Gasteiger partial charge in [0.05, 0.1) is 32.7 Å². The highest BCUT2D eigenvalue weighted by molar-refractivity contribution is 5.68. The van der Waals surface area contributed by atoms with Gasteiger partial charge in [0.2, 0.25) is 0 Å². The number of nitrogens with two attached hydrogens (primary N) is 1. The molecule has 148 valence electrons. The number of rotatable bonds is 5. The van der Waals surface area contributed by atoms with Gasteiger partial charge in [-0.3, -0.25) is 4.90 Å². The lowest BCUT2D eigenvalue weighted by atomic mass is 9.49. The van der Waals surface area contributed by atoms with Crippen LogP contribution in [0.2, 0.25) is 0 Å². The number of amides is 1. The third kappa shape index (κ3) is 4.42. The van der Waals surface area contributed by atoms with E-state index in [4.69, 9.17) is 4.74 Å². The lowest BCUT2D eigenvalue weighted by molar-refractivity contribution is -0.915. The Morgan fingerprint density at radius 2 is 2.04 bits per heavy atom. The molecule has 1 saturated carbocycles. The Labute approximate surface area is 159 Å². The van der Waals surface area contributed by atoms with Crippen molar-refractivity contribution in [2.45, 2.75) is 53.1 Å². The van der Waals surface area contributed by atoms with E-state index in [0.717, 1.165) is 38.0 Å². The van der Waals surface area contributed by atoms with Gasteiger partial charge in [-0.2, -0.15) is 0 Å². The molecule has 1 heterocycles. The second-order valence-electron chi connectivity index (χ2n) is 10.1. The van der Waals surface area contributed by atoms with E-state index < -0.39 is 5.60 Å². The monoisotopic (exact) mass is 365 g/mol. The van der Waals surface area contributed by atoms with E-state index in [1.165, 1.54) is 32.5 Å². The van der Waals surface area contributed by atoms with Crippen LogP contribution in [0.15, 0.2) is 11.6 Å². The molecular weight excluding hydrogens is 326 g/mol. The van der Waals surface area contributed by atoms with Crippen LogP contribution in [0.5, 0.6) is 0 Å². The second kappa shape index (κ2) is 7.51. The first kappa shape index (κ1) is 19.7. The summed E-state index contributed by atoms with van der Waals surface area (Å²) in [5.74, 6) is 1.77. The van der Waals surface area contributed by atoms with Crippen molar-refractivity contribution in [3.05, 3.63) is 11.6 Å². The van der Waals surface area contributed by atoms with Crippen molar-refractivity contribution in [3.8, 4) is 0 Å². The lowest BCUT2D eigenvalue weighted by Gasteiger charge is -2.56. The van der Waals surface area contributed by atoms with E-state index in [2.05, 4.69) is 25.2 Å². The maximum Gasteiger partial charge on any atom is 0.410 e. The molecule has 3 aliphatic carbocycles. The maximum absolute atomic E-state index is 12.1. The number of hydrogen-bond donors (Lipinski definition) is 2. The van der Waals surface area contributed by atoms with Gasteiger partial charge in [-0.15, -0.1) is 0 Å². The topological polar surface area (TPSA) is 50.6 Å². The van der Waals surface area contributed by atoms with Crippen LogP contribution in [0.1, 0.15) is 47.5 Å². The maximum atomic E-state index is 12.1. The highest BCUT2D eigenvalue weighted by Crippen LogP contribution is 2.58. The Bertz CT molecular complexity index is 542. The zero-order valence-electron chi connectivity index (χ0n) is 17.4. The van der Waals surface area contributed by atoms with Gasteiger partial charge in [0.1, 0.15) is 18.7 Å². The molecule has 1 saturated heterocycles. The average Bonchev–Trinajstić information content (AvgIpc) is 2.57. The summed E-state index contributed by atoms with van der Waals surface area (Å²) in [4.78, 5) is 15.6. The molecular formula is C21H39N3O2+2. The van der Waals surface area contributed by atoms with E-state index in [1.54, 1.807) is 10.5 Å². The van der Waals surface area contributed by atoms with E-state index in [-0.39, 0.29) is 6.09 Å². The largest absolute Gasteiger partial charge is 0.444 e. The van der Waals surface area contributed by atoms with Gasteiger partial charge < -0.3 is 15.0 Å². The summed E-state index contributed by atoms with van der Waals surface area (Å²) < 4.78 is 5.47. The van der Waals surface area contributed by atoms with Crippen LogP contribution < -0.4 is 10.2 Å². The number of allylic oxidation sites excluding steroid dienone is 1. The zero-order chi connectivity index (χ0) is 18.9. The third-order valence-corrected chi connectivity index (χ3v) is 6.79. The quantitative estimate of drug-likeness (QED) is 0.556. The van der Waals surface area contributed by atoms with Crippen LogP contribution in [0.3, 0.4) is 0 Å². The van der Waals surface area contributed by atoms with Crippen molar-refractivity contribution < 1.29 is 19.7 Å². The van der Waals surface area contributed by atoms with Crippen molar-refractivity contribution in [2.24, 2.45) is 17.3 Å². The summed E-state index contributed by atoms with van der Waals surface area (Å²) in [6.45, 7) is 17.9. The normalized spacial score (nSPS) is 28.3. The van der Waals surface area contributed by atoms with Gasteiger partial charge >= 0.3 is 6.09 Å².